The van der Waals surface area contributed by atoms with Gasteiger partial charge in [0.15, 0.2) is 0 Å². The van der Waals surface area contributed by atoms with Crippen molar-refractivity contribution in [2.75, 3.05) is 23.7 Å². The van der Waals surface area contributed by atoms with Crippen molar-refractivity contribution in [1.82, 2.24) is 15.2 Å². The van der Waals surface area contributed by atoms with Crippen LogP contribution in [-0.4, -0.2) is 34.9 Å². The minimum absolute atomic E-state index is 0.162. The molecule has 0 radical (unpaired) electrons. The highest BCUT2D eigenvalue weighted by Gasteiger charge is 2.37. The van der Waals surface area contributed by atoms with Gasteiger partial charge in [-0.2, -0.15) is 0 Å². The van der Waals surface area contributed by atoms with E-state index in [4.69, 9.17) is 4.74 Å². The number of hydrogen-bond acceptors (Lipinski definition) is 5. The van der Waals surface area contributed by atoms with Gasteiger partial charge in [0.2, 0.25) is 0 Å². The van der Waals surface area contributed by atoms with Crippen LogP contribution < -0.4 is 20.7 Å². The zero-order valence-corrected chi connectivity index (χ0v) is 18.6. The Morgan fingerprint density at radius 3 is 2.84 bits per heavy atom. The van der Waals surface area contributed by atoms with E-state index in [0.717, 1.165) is 23.0 Å². The summed E-state index contributed by atoms with van der Waals surface area (Å²) in [6.45, 7) is 1.48. The number of anilines is 2. The van der Waals surface area contributed by atoms with Gasteiger partial charge >= 0.3 is 6.03 Å². The van der Waals surface area contributed by atoms with Crippen molar-refractivity contribution < 1.29 is 14.3 Å². The number of pyridine rings is 1. The van der Waals surface area contributed by atoms with Gasteiger partial charge in [0.25, 0.3) is 5.91 Å². The standard InChI is InChI=1S/C23H20BrN5O3/c24-15-4-1-3-14(13-15)22(30)27-16-5-7-17(8-6-16)32-18-9-11-25-20-19(18)21-26-10-2-12-29(21)23(31)28-20/h1,3-9,11,13,21,26H,2,10,12H2,(H,27,30)(H,25,28,31). The van der Waals surface area contributed by atoms with Crippen molar-refractivity contribution in [2.45, 2.75) is 12.6 Å². The Balaban J connectivity index is 1.34. The Morgan fingerprint density at radius 1 is 1.19 bits per heavy atom. The Labute approximate surface area is 193 Å². The molecule has 3 N–H and O–H groups in total. The van der Waals surface area contributed by atoms with Crippen molar-refractivity contribution >= 4 is 39.4 Å². The number of halogens is 1. The fraction of sp³-hybridized carbons (Fsp3) is 0.174. The van der Waals surface area contributed by atoms with E-state index in [2.05, 4.69) is 36.9 Å². The Hall–Kier alpha value is -3.43. The molecule has 2 aliphatic heterocycles. The molecule has 0 spiro atoms. The molecule has 162 valence electrons. The SMILES string of the molecule is O=C(Nc1ccc(Oc2ccnc3c2C2NCCCN2C(=O)N3)cc1)c1cccc(Br)c1. The van der Waals surface area contributed by atoms with Gasteiger partial charge in [0, 0.05) is 28.5 Å². The molecule has 1 atom stereocenters. The predicted octanol–water partition coefficient (Wildman–Crippen LogP) is 4.73. The van der Waals surface area contributed by atoms with Gasteiger partial charge in [-0.25, -0.2) is 9.78 Å². The molecule has 0 bridgehead atoms. The van der Waals surface area contributed by atoms with Crippen LogP contribution in [0.2, 0.25) is 0 Å². The number of benzene rings is 2. The molecule has 2 aromatic carbocycles. The molecular formula is C23H20BrN5O3. The summed E-state index contributed by atoms with van der Waals surface area (Å²) in [5.74, 6) is 1.53. The van der Waals surface area contributed by atoms with Crippen LogP contribution in [0.4, 0.5) is 16.3 Å². The first kappa shape index (κ1) is 20.5. The van der Waals surface area contributed by atoms with Crippen molar-refractivity contribution in [1.29, 1.82) is 0 Å². The first-order valence-electron chi connectivity index (χ1n) is 10.2. The monoisotopic (exact) mass is 493 g/mol. The smallest absolute Gasteiger partial charge is 0.324 e. The number of rotatable bonds is 4. The maximum absolute atomic E-state index is 12.4. The van der Waals surface area contributed by atoms with E-state index in [1.165, 1.54) is 0 Å². The van der Waals surface area contributed by atoms with Crippen LogP contribution in [-0.2, 0) is 0 Å². The Morgan fingerprint density at radius 2 is 2.03 bits per heavy atom. The first-order chi connectivity index (χ1) is 15.6. The highest BCUT2D eigenvalue weighted by Crippen LogP contribution is 2.39. The summed E-state index contributed by atoms with van der Waals surface area (Å²) < 4.78 is 6.99. The fourth-order valence-corrected chi connectivity index (χ4v) is 4.25. The lowest BCUT2D eigenvalue weighted by atomic mass is 10.1. The van der Waals surface area contributed by atoms with E-state index in [9.17, 15) is 9.59 Å². The number of carbonyl (C=O) groups excluding carboxylic acids is 2. The van der Waals surface area contributed by atoms with Crippen LogP contribution in [0.5, 0.6) is 11.5 Å². The van der Waals surface area contributed by atoms with Crippen molar-refractivity contribution in [2.24, 2.45) is 0 Å². The summed E-state index contributed by atoms with van der Waals surface area (Å²) in [7, 11) is 0. The van der Waals surface area contributed by atoms with Crippen LogP contribution >= 0.6 is 15.9 Å². The summed E-state index contributed by atoms with van der Waals surface area (Å²) in [5, 5.41) is 9.10. The van der Waals surface area contributed by atoms with E-state index in [1.54, 1.807) is 53.6 Å². The normalized spacial score (nSPS) is 17.1. The highest BCUT2D eigenvalue weighted by atomic mass is 79.9. The topological polar surface area (TPSA) is 95.6 Å². The quantitative estimate of drug-likeness (QED) is 0.488. The predicted molar refractivity (Wildman–Crippen MR) is 124 cm³/mol. The average molecular weight is 494 g/mol. The van der Waals surface area contributed by atoms with E-state index in [0.29, 0.717) is 35.1 Å². The number of nitrogens with one attached hydrogen (secondary N) is 3. The first-order valence-corrected chi connectivity index (χ1v) is 11.0. The van der Waals surface area contributed by atoms with Crippen molar-refractivity contribution in [3.05, 3.63) is 76.4 Å². The lowest BCUT2D eigenvalue weighted by molar-refractivity contribution is 0.102. The van der Waals surface area contributed by atoms with Gasteiger partial charge < -0.3 is 15.0 Å². The molecule has 5 rings (SSSR count). The molecule has 32 heavy (non-hydrogen) atoms. The molecule has 0 aliphatic carbocycles. The number of fused-ring (bicyclic) bond motifs is 3. The second kappa shape index (κ2) is 8.60. The summed E-state index contributed by atoms with van der Waals surface area (Å²) in [6, 6.07) is 16.0. The molecular weight excluding hydrogens is 474 g/mol. The molecule has 9 heteroatoms. The average Bonchev–Trinajstić information content (AvgIpc) is 2.80. The summed E-state index contributed by atoms with van der Waals surface area (Å²) >= 11 is 3.38. The van der Waals surface area contributed by atoms with Crippen LogP contribution in [0, 0.1) is 0 Å². The summed E-state index contributed by atoms with van der Waals surface area (Å²) in [4.78, 5) is 30.9. The summed E-state index contributed by atoms with van der Waals surface area (Å²) in [5.41, 5.74) is 2.03. The van der Waals surface area contributed by atoms with E-state index >= 15 is 0 Å². The van der Waals surface area contributed by atoms with Crippen molar-refractivity contribution in [3.63, 3.8) is 0 Å². The molecule has 2 aliphatic rings. The number of nitrogens with zero attached hydrogens (tertiary/aromatic N) is 2. The van der Waals surface area contributed by atoms with Gasteiger partial charge in [-0.1, -0.05) is 22.0 Å². The van der Waals surface area contributed by atoms with Crippen LogP contribution in [0.3, 0.4) is 0 Å². The molecule has 8 nitrogen and oxygen atoms in total. The number of aromatic nitrogens is 1. The van der Waals surface area contributed by atoms with Gasteiger partial charge in [-0.15, -0.1) is 0 Å². The molecule has 3 amide bonds. The van der Waals surface area contributed by atoms with E-state index < -0.39 is 0 Å². The van der Waals surface area contributed by atoms with Gasteiger partial charge in [-0.05, 0) is 61.5 Å². The van der Waals surface area contributed by atoms with Gasteiger partial charge in [0.1, 0.15) is 23.5 Å². The second-order valence-electron chi connectivity index (χ2n) is 7.50. The van der Waals surface area contributed by atoms with Gasteiger partial charge in [-0.3, -0.25) is 15.4 Å². The number of amides is 3. The molecule has 1 aromatic heterocycles. The third-order valence-corrected chi connectivity index (χ3v) is 5.85. The third-order valence-electron chi connectivity index (χ3n) is 5.36. The number of ether oxygens (including phenoxy) is 1. The lowest BCUT2D eigenvalue weighted by Crippen LogP contribution is -2.52. The van der Waals surface area contributed by atoms with Crippen LogP contribution in [0.15, 0.2) is 65.3 Å². The Bertz CT molecular complexity index is 1180. The zero-order chi connectivity index (χ0) is 22.1. The number of urea groups is 1. The molecule has 0 saturated carbocycles. The van der Waals surface area contributed by atoms with E-state index in [1.807, 2.05) is 12.1 Å². The molecule has 3 aromatic rings. The zero-order valence-electron chi connectivity index (χ0n) is 17.0. The molecule has 1 unspecified atom stereocenters. The number of hydrogen-bond donors (Lipinski definition) is 3. The Kier molecular flexibility index (Phi) is 5.50. The minimum atomic E-state index is -0.278. The van der Waals surface area contributed by atoms with Gasteiger partial charge in [0.05, 0.1) is 5.56 Å². The number of carbonyl (C=O) groups is 2. The second-order valence-corrected chi connectivity index (χ2v) is 8.41. The molecule has 1 saturated heterocycles. The minimum Gasteiger partial charge on any atom is -0.457 e. The third kappa shape index (κ3) is 4.04. The maximum atomic E-state index is 12.4. The van der Waals surface area contributed by atoms with Crippen LogP contribution in [0.25, 0.3) is 0 Å². The summed E-state index contributed by atoms with van der Waals surface area (Å²) in [6.07, 6.45) is 2.22. The highest BCUT2D eigenvalue weighted by molar-refractivity contribution is 9.10. The lowest BCUT2D eigenvalue weighted by Gasteiger charge is -2.40. The van der Waals surface area contributed by atoms with E-state index in [-0.39, 0.29) is 18.1 Å². The van der Waals surface area contributed by atoms with Crippen molar-refractivity contribution in [3.8, 4) is 11.5 Å². The molecule has 1 fully saturated rings. The molecule has 3 heterocycles. The largest absolute Gasteiger partial charge is 0.457 e. The fourth-order valence-electron chi connectivity index (χ4n) is 3.85. The van der Waals surface area contributed by atoms with Crippen LogP contribution in [0.1, 0.15) is 28.5 Å². The maximum Gasteiger partial charge on any atom is 0.324 e.